The number of hydrogen-bond acceptors (Lipinski definition) is 1. The van der Waals surface area contributed by atoms with Crippen molar-refractivity contribution in [2.45, 2.75) is 25.4 Å². The van der Waals surface area contributed by atoms with Gasteiger partial charge in [0.1, 0.15) is 11.6 Å². The molecule has 4 rings (SSSR count). The molecule has 0 spiro atoms. The second kappa shape index (κ2) is 7.44. The van der Waals surface area contributed by atoms with Gasteiger partial charge in [-0.15, -0.1) is 0 Å². The number of nitrogens with zero attached hydrogens (tertiary/aromatic N) is 2. The third-order valence-electron chi connectivity index (χ3n) is 5.78. The van der Waals surface area contributed by atoms with Crippen LogP contribution in [0.3, 0.4) is 0 Å². The Hall–Kier alpha value is -2.41. The maximum Gasteiger partial charge on any atom is 0.401 e. The number of likely N-dealkylation sites (tertiary alicyclic amines) is 1. The molecule has 1 aromatic heterocycles. The summed E-state index contributed by atoms with van der Waals surface area (Å²) >= 11 is 0. The number of rotatable bonds is 4. The lowest BCUT2D eigenvalue weighted by Crippen LogP contribution is -2.32. The fourth-order valence-electron chi connectivity index (χ4n) is 4.29. The van der Waals surface area contributed by atoms with Crippen molar-refractivity contribution in [2.75, 3.05) is 19.6 Å². The van der Waals surface area contributed by atoms with Crippen LogP contribution in [-0.2, 0) is 0 Å². The van der Waals surface area contributed by atoms with Crippen LogP contribution in [-0.4, -0.2) is 35.3 Å². The SMILES string of the molecule is CC(c1ccc2c(ccn2-c2cc(F)cc(F)c2)c1)C1CCN(CC(F)(F)F)C1. The lowest BCUT2D eigenvalue weighted by molar-refractivity contribution is -0.143. The standard InChI is InChI=1S/C22H21F5N2/c1-14(17-4-6-28(12-17)13-22(25,26)27)15-2-3-21-16(8-15)5-7-29(21)20-10-18(23)9-19(24)11-20/h2-3,5,7-11,14,17H,4,6,12-13H2,1H3. The fourth-order valence-corrected chi connectivity index (χ4v) is 4.29. The van der Waals surface area contributed by atoms with Crippen LogP contribution in [0.25, 0.3) is 16.6 Å². The Balaban J connectivity index is 1.56. The van der Waals surface area contributed by atoms with Crippen molar-refractivity contribution < 1.29 is 22.0 Å². The van der Waals surface area contributed by atoms with Crippen LogP contribution in [0.5, 0.6) is 0 Å². The predicted molar refractivity (Wildman–Crippen MR) is 102 cm³/mol. The highest BCUT2D eigenvalue weighted by Gasteiger charge is 2.36. The van der Waals surface area contributed by atoms with Gasteiger partial charge in [-0.2, -0.15) is 13.2 Å². The van der Waals surface area contributed by atoms with E-state index in [1.54, 1.807) is 10.8 Å². The van der Waals surface area contributed by atoms with E-state index in [2.05, 4.69) is 0 Å². The molecule has 154 valence electrons. The summed E-state index contributed by atoms with van der Waals surface area (Å²) in [6.45, 7) is 2.07. The van der Waals surface area contributed by atoms with Gasteiger partial charge in [-0.05, 0) is 60.7 Å². The second-order valence-electron chi connectivity index (χ2n) is 7.82. The average molecular weight is 408 g/mol. The van der Waals surface area contributed by atoms with Crippen molar-refractivity contribution in [3.63, 3.8) is 0 Å². The summed E-state index contributed by atoms with van der Waals surface area (Å²) in [5, 5.41) is 0.921. The smallest absolute Gasteiger partial charge is 0.316 e. The molecular formula is C22H21F5N2. The van der Waals surface area contributed by atoms with Crippen LogP contribution in [0, 0.1) is 17.6 Å². The topological polar surface area (TPSA) is 8.17 Å². The Bertz CT molecular complexity index is 1000. The molecule has 7 heteroatoms. The first-order valence-electron chi connectivity index (χ1n) is 9.56. The summed E-state index contributed by atoms with van der Waals surface area (Å²) < 4.78 is 66.8. The van der Waals surface area contributed by atoms with Crippen LogP contribution in [0.2, 0.25) is 0 Å². The zero-order valence-electron chi connectivity index (χ0n) is 15.9. The van der Waals surface area contributed by atoms with Gasteiger partial charge in [-0.25, -0.2) is 8.78 Å². The molecule has 2 heterocycles. The normalized spacial score (nSPS) is 19.2. The highest BCUT2D eigenvalue weighted by atomic mass is 19.4. The number of aromatic nitrogens is 1. The van der Waals surface area contributed by atoms with Crippen LogP contribution in [0.15, 0.2) is 48.7 Å². The molecule has 0 N–H and O–H groups in total. The summed E-state index contributed by atoms with van der Waals surface area (Å²) in [7, 11) is 0. The summed E-state index contributed by atoms with van der Waals surface area (Å²) in [6, 6.07) is 11.1. The van der Waals surface area contributed by atoms with E-state index in [-0.39, 0.29) is 11.8 Å². The number of alkyl halides is 3. The summed E-state index contributed by atoms with van der Waals surface area (Å²) in [4.78, 5) is 1.47. The van der Waals surface area contributed by atoms with E-state index in [1.165, 1.54) is 17.0 Å². The number of halogens is 5. The minimum absolute atomic E-state index is 0.118. The summed E-state index contributed by atoms with van der Waals surface area (Å²) in [5.41, 5.74) is 2.27. The molecule has 0 saturated carbocycles. The highest BCUT2D eigenvalue weighted by molar-refractivity contribution is 5.82. The van der Waals surface area contributed by atoms with Crippen LogP contribution < -0.4 is 0 Å². The molecule has 0 radical (unpaired) electrons. The summed E-state index contributed by atoms with van der Waals surface area (Å²) in [6.07, 6.45) is -1.68. The predicted octanol–water partition coefficient (Wildman–Crippen LogP) is 5.90. The maximum atomic E-state index is 13.6. The minimum atomic E-state index is -4.17. The quantitative estimate of drug-likeness (QED) is 0.488. The number of benzene rings is 2. The summed E-state index contributed by atoms with van der Waals surface area (Å²) in [5.74, 6) is -1.00. The van der Waals surface area contributed by atoms with Crippen molar-refractivity contribution in [2.24, 2.45) is 5.92 Å². The van der Waals surface area contributed by atoms with Gasteiger partial charge < -0.3 is 4.57 Å². The van der Waals surface area contributed by atoms with E-state index < -0.39 is 24.4 Å². The molecule has 0 bridgehead atoms. The largest absolute Gasteiger partial charge is 0.401 e. The lowest BCUT2D eigenvalue weighted by Gasteiger charge is -2.22. The van der Waals surface area contributed by atoms with E-state index in [1.807, 2.05) is 31.2 Å². The maximum absolute atomic E-state index is 13.6. The minimum Gasteiger partial charge on any atom is -0.316 e. The van der Waals surface area contributed by atoms with Gasteiger partial charge in [0.25, 0.3) is 0 Å². The van der Waals surface area contributed by atoms with Crippen molar-refractivity contribution in [1.82, 2.24) is 9.47 Å². The molecule has 2 aromatic carbocycles. The van der Waals surface area contributed by atoms with E-state index in [4.69, 9.17) is 0 Å². The Kier molecular flexibility index (Phi) is 5.11. The first-order valence-corrected chi connectivity index (χ1v) is 9.56. The van der Waals surface area contributed by atoms with E-state index >= 15 is 0 Å². The molecule has 1 aliphatic rings. The van der Waals surface area contributed by atoms with Gasteiger partial charge >= 0.3 is 6.18 Å². The van der Waals surface area contributed by atoms with Gasteiger partial charge in [0.05, 0.1) is 17.7 Å². The molecule has 1 saturated heterocycles. The van der Waals surface area contributed by atoms with Gasteiger partial charge in [-0.1, -0.05) is 13.0 Å². The third-order valence-corrected chi connectivity index (χ3v) is 5.78. The molecule has 29 heavy (non-hydrogen) atoms. The molecule has 1 fully saturated rings. The molecule has 2 nitrogen and oxygen atoms in total. The van der Waals surface area contributed by atoms with Crippen molar-refractivity contribution >= 4 is 10.9 Å². The van der Waals surface area contributed by atoms with Crippen molar-refractivity contribution in [1.29, 1.82) is 0 Å². The van der Waals surface area contributed by atoms with Gasteiger partial charge in [-0.3, -0.25) is 4.90 Å². The Morgan fingerprint density at radius 3 is 2.45 bits per heavy atom. The van der Waals surface area contributed by atoms with Gasteiger partial charge in [0.15, 0.2) is 0 Å². The molecule has 3 aromatic rings. The fraction of sp³-hybridized carbons (Fsp3) is 0.364. The molecule has 2 atom stereocenters. The Morgan fingerprint density at radius 2 is 1.76 bits per heavy atom. The van der Waals surface area contributed by atoms with Crippen molar-refractivity contribution in [3.8, 4) is 5.69 Å². The molecule has 0 amide bonds. The van der Waals surface area contributed by atoms with E-state index in [0.29, 0.717) is 18.8 Å². The van der Waals surface area contributed by atoms with E-state index in [0.717, 1.165) is 29.0 Å². The van der Waals surface area contributed by atoms with Crippen molar-refractivity contribution in [3.05, 3.63) is 65.9 Å². The average Bonchev–Trinajstić information content (AvgIpc) is 3.25. The van der Waals surface area contributed by atoms with Gasteiger partial charge in [0.2, 0.25) is 0 Å². The first-order chi connectivity index (χ1) is 13.7. The number of fused-ring (bicyclic) bond motifs is 1. The molecular weight excluding hydrogens is 387 g/mol. The third kappa shape index (κ3) is 4.29. The first kappa shape index (κ1) is 19.9. The Labute approximate surface area is 165 Å². The Morgan fingerprint density at radius 1 is 1.03 bits per heavy atom. The second-order valence-corrected chi connectivity index (χ2v) is 7.82. The molecule has 0 aliphatic carbocycles. The molecule has 1 aliphatic heterocycles. The zero-order chi connectivity index (χ0) is 20.8. The number of hydrogen-bond donors (Lipinski definition) is 0. The van der Waals surface area contributed by atoms with Crippen LogP contribution in [0.1, 0.15) is 24.8 Å². The lowest BCUT2D eigenvalue weighted by atomic mass is 9.86. The van der Waals surface area contributed by atoms with Crippen LogP contribution in [0.4, 0.5) is 22.0 Å². The van der Waals surface area contributed by atoms with E-state index in [9.17, 15) is 22.0 Å². The monoisotopic (exact) mass is 408 g/mol. The highest BCUT2D eigenvalue weighted by Crippen LogP contribution is 2.34. The molecule has 2 unspecified atom stereocenters. The van der Waals surface area contributed by atoms with Crippen LogP contribution >= 0.6 is 0 Å². The van der Waals surface area contributed by atoms with Gasteiger partial charge in [0, 0.05) is 24.2 Å². The zero-order valence-corrected chi connectivity index (χ0v) is 15.9.